The molecule has 1 aliphatic heterocycles. The Morgan fingerprint density at radius 2 is 1.94 bits per heavy atom. The first-order valence-corrected chi connectivity index (χ1v) is 5.60. The normalized spacial score (nSPS) is 19.1. The van der Waals surface area contributed by atoms with E-state index in [9.17, 15) is 0 Å². The second-order valence-corrected chi connectivity index (χ2v) is 4.89. The van der Waals surface area contributed by atoms with Gasteiger partial charge in [-0.25, -0.2) is 0 Å². The number of nitrogens with one attached hydrogen (secondary N) is 2. The third-order valence-electron chi connectivity index (χ3n) is 2.96. The zero-order chi connectivity index (χ0) is 11.6. The summed E-state index contributed by atoms with van der Waals surface area (Å²) in [5, 5.41) is 6.83. The number of hydrogen-bond acceptors (Lipinski definition) is 4. The molecule has 0 amide bonds. The van der Waals surface area contributed by atoms with Crippen LogP contribution in [0.5, 0.6) is 0 Å². The highest BCUT2D eigenvalue weighted by molar-refractivity contribution is 5.51. The van der Waals surface area contributed by atoms with Gasteiger partial charge in [0.15, 0.2) is 0 Å². The van der Waals surface area contributed by atoms with Crippen LogP contribution in [0.1, 0.15) is 6.92 Å². The average Bonchev–Trinajstić information content (AvgIpc) is 2.19. The summed E-state index contributed by atoms with van der Waals surface area (Å²) in [5.74, 6) is 0. The smallest absolute Gasteiger partial charge is 0.0658 e. The lowest BCUT2D eigenvalue weighted by atomic mass is 9.93. The van der Waals surface area contributed by atoms with E-state index in [0.717, 1.165) is 31.1 Å². The van der Waals surface area contributed by atoms with Crippen molar-refractivity contribution in [3.05, 3.63) is 24.3 Å². The molecular formula is C12H20N4. The first-order valence-electron chi connectivity index (χ1n) is 5.60. The molecule has 16 heavy (non-hydrogen) atoms. The van der Waals surface area contributed by atoms with E-state index in [-0.39, 0.29) is 5.54 Å². The maximum atomic E-state index is 5.62. The molecule has 0 aliphatic carbocycles. The molecule has 0 spiro atoms. The fourth-order valence-corrected chi connectivity index (χ4v) is 2.22. The molecule has 0 unspecified atom stereocenters. The Labute approximate surface area is 96.8 Å². The van der Waals surface area contributed by atoms with E-state index in [4.69, 9.17) is 5.73 Å². The van der Waals surface area contributed by atoms with Crippen molar-refractivity contribution < 1.29 is 0 Å². The second kappa shape index (κ2) is 4.31. The maximum absolute atomic E-state index is 5.62. The van der Waals surface area contributed by atoms with Crippen LogP contribution in [0, 0.1) is 0 Å². The first kappa shape index (κ1) is 11.2. The summed E-state index contributed by atoms with van der Waals surface area (Å²) in [7, 11) is 2.14. The zero-order valence-electron chi connectivity index (χ0n) is 9.96. The Bertz CT molecular complexity index is 341. The predicted molar refractivity (Wildman–Crippen MR) is 68.4 cm³/mol. The molecule has 2 rings (SSSR count). The SMILES string of the molecule is CN1CC(C)(NCNc2ccc(N)cc2)C1. The minimum atomic E-state index is 0.259. The highest BCUT2D eigenvalue weighted by Crippen LogP contribution is 2.17. The Morgan fingerprint density at radius 3 is 2.50 bits per heavy atom. The summed E-state index contributed by atoms with van der Waals surface area (Å²) in [6.45, 7) is 5.25. The third-order valence-corrected chi connectivity index (χ3v) is 2.96. The average molecular weight is 220 g/mol. The molecule has 1 heterocycles. The highest BCUT2D eigenvalue weighted by Gasteiger charge is 2.35. The van der Waals surface area contributed by atoms with Crippen LogP contribution in [-0.2, 0) is 0 Å². The molecule has 0 saturated carbocycles. The Balaban J connectivity index is 1.74. The van der Waals surface area contributed by atoms with Crippen LogP contribution in [-0.4, -0.2) is 37.2 Å². The predicted octanol–water partition coefficient (Wildman–Crippen LogP) is 0.932. The molecule has 0 radical (unpaired) electrons. The van der Waals surface area contributed by atoms with Crippen molar-refractivity contribution in [3.8, 4) is 0 Å². The van der Waals surface area contributed by atoms with E-state index in [0.29, 0.717) is 0 Å². The van der Waals surface area contributed by atoms with Gasteiger partial charge >= 0.3 is 0 Å². The molecular weight excluding hydrogens is 200 g/mol. The molecule has 0 atom stereocenters. The molecule has 0 bridgehead atoms. The monoisotopic (exact) mass is 220 g/mol. The summed E-state index contributed by atoms with van der Waals surface area (Å²) in [6.07, 6.45) is 0. The number of nitrogen functional groups attached to an aromatic ring is 1. The lowest BCUT2D eigenvalue weighted by molar-refractivity contribution is 0.0831. The quantitative estimate of drug-likeness (QED) is 0.522. The Hall–Kier alpha value is -1.26. The van der Waals surface area contributed by atoms with Crippen molar-refractivity contribution in [2.24, 2.45) is 0 Å². The lowest BCUT2D eigenvalue weighted by Gasteiger charge is -2.46. The molecule has 4 N–H and O–H groups in total. The van der Waals surface area contributed by atoms with Gasteiger partial charge in [-0.2, -0.15) is 0 Å². The van der Waals surface area contributed by atoms with Gasteiger partial charge in [0.1, 0.15) is 0 Å². The van der Waals surface area contributed by atoms with Crippen LogP contribution in [0.2, 0.25) is 0 Å². The van der Waals surface area contributed by atoms with Gasteiger partial charge in [-0.05, 0) is 38.2 Å². The lowest BCUT2D eigenvalue weighted by Crippen LogP contribution is -2.66. The van der Waals surface area contributed by atoms with Gasteiger partial charge in [0.25, 0.3) is 0 Å². The Kier molecular flexibility index (Phi) is 3.03. The first-order chi connectivity index (χ1) is 7.57. The van der Waals surface area contributed by atoms with Gasteiger partial charge in [0.05, 0.1) is 6.67 Å². The largest absolute Gasteiger partial charge is 0.399 e. The molecule has 0 aromatic heterocycles. The number of likely N-dealkylation sites (N-methyl/N-ethyl adjacent to an activating group) is 1. The van der Waals surface area contributed by atoms with Gasteiger partial charge in [0.2, 0.25) is 0 Å². The molecule has 4 nitrogen and oxygen atoms in total. The molecule has 88 valence electrons. The van der Waals surface area contributed by atoms with Gasteiger partial charge < -0.3 is 16.0 Å². The fraction of sp³-hybridized carbons (Fsp3) is 0.500. The van der Waals surface area contributed by atoms with E-state index in [2.05, 4.69) is 29.5 Å². The molecule has 1 saturated heterocycles. The minimum absolute atomic E-state index is 0.259. The topological polar surface area (TPSA) is 53.3 Å². The summed E-state index contributed by atoms with van der Waals surface area (Å²) in [4.78, 5) is 2.30. The van der Waals surface area contributed by atoms with Gasteiger partial charge in [-0.15, -0.1) is 0 Å². The number of nitrogens with zero attached hydrogens (tertiary/aromatic N) is 1. The van der Waals surface area contributed by atoms with E-state index >= 15 is 0 Å². The van der Waals surface area contributed by atoms with E-state index in [1.54, 1.807) is 0 Å². The number of benzene rings is 1. The second-order valence-electron chi connectivity index (χ2n) is 4.89. The number of anilines is 2. The molecule has 1 aliphatic rings. The summed E-state index contributed by atoms with van der Waals surface area (Å²) >= 11 is 0. The summed E-state index contributed by atoms with van der Waals surface area (Å²) < 4.78 is 0. The summed E-state index contributed by atoms with van der Waals surface area (Å²) in [5.41, 5.74) is 7.77. The molecule has 1 aromatic rings. The fourth-order valence-electron chi connectivity index (χ4n) is 2.22. The van der Waals surface area contributed by atoms with Crippen molar-refractivity contribution >= 4 is 11.4 Å². The maximum Gasteiger partial charge on any atom is 0.0658 e. The van der Waals surface area contributed by atoms with Crippen molar-refractivity contribution in [2.75, 3.05) is 37.9 Å². The number of rotatable bonds is 4. The van der Waals surface area contributed by atoms with Crippen LogP contribution in [0.15, 0.2) is 24.3 Å². The van der Waals surface area contributed by atoms with Gasteiger partial charge in [-0.3, -0.25) is 5.32 Å². The van der Waals surface area contributed by atoms with Crippen LogP contribution < -0.4 is 16.4 Å². The van der Waals surface area contributed by atoms with Crippen LogP contribution >= 0.6 is 0 Å². The van der Waals surface area contributed by atoms with Crippen LogP contribution in [0.3, 0.4) is 0 Å². The minimum Gasteiger partial charge on any atom is -0.399 e. The number of nitrogens with two attached hydrogens (primary N) is 1. The zero-order valence-corrected chi connectivity index (χ0v) is 9.96. The van der Waals surface area contributed by atoms with E-state index in [1.165, 1.54) is 0 Å². The van der Waals surface area contributed by atoms with Crippen molar-refractivity contribution in [2.45, 2.75) is 12.5 Å². The number of likely N-dealkylation sites (tertiary alicyclic amines) is 1. The van der Waals surface area contributed by atoms with Crippen molar-refractivity contribution in [1.29, 1.82) is 0 Å². The molecule has 1 aromatic carbocycles. The van der Waals surface area contributed by atoms with Crippen LogP contribution in [0.25, 0.3) is 0 Å². The van der Waals surface area contributed by atoms with Crippen molar-refractivity contribution in [1.82, 2.24) is 10.2 Å². The highest BCUT2D eigenvalue weighted by atomic mass is 15.3. The van der Waals surface area contributed by atoms with Crippen LogP contribution in [0.4, 0.5) is 11.4 Å². The standard InChI is InChI=1S/C12H20N4/c1-12(7-16(2)8-12)15-9-14-11-5-3-10(13)4-6-11/h3-6,14-15H,7-9,13H2,1-2H3. The number of hydrogen-bond donors (Lipinski definition) is 3. The molecule has 1 fully saturated rings. The Morgan fingerprint density at radius 1 is 1.31 bits per heavy atom. The van der Waals surface area contributed by atoms with Gasteiger partial charge in [-0.1, -0.05) is 0 Å². The molecule has 4 heteroatoms. The van der Waals surface area contributed by atoms with Gasteiger partial charge in [0, 0.05) is 30.0 Å². The van der Waals surface area contributed by atoms with E-state index < -0.39 is 0 Å². The summed E-state index contributed by atoms with van der Waals surface area (Å²) in [6, 6.07) is 7.79. The third kappa shape index (κ3) is 2.65. The van der Waals surface area contributed by atoms with E-state index in [1.807, 2.05) is 24.3 Å². The van der Waals surface area contributed by atoms with Crippen molar-refractivity contribution in [3.63, 3.8) is 0 Å².